The Morgan fingerprint density at radius 3 is 2.67 bits per heavy atom. The summed E-state index contributed by atoms with van der Waals surface area (Å²) in [7, 11) is 0. The molecule has 0 saturated heterocycles. The fraction of sp³-hybridized carbons (Fsp3) is 0.214. The number of halogens is 2. The van der Waals surface area contributed by atoms with Gasteiger partial charge in [-0.2, -0.15) is 0 Å². The van der Waals surface area contributed by atoms with Crippen LogP contribution in [0.1, 0.15) is 22.9 Å². The quantitative estimate of drug-likeness (QED) is 0.925. The molecule has 0 fully saturated rings. The van der Waals surface area contributed by atoms with Crippen LogP contribution < -0.4 is 5.73 Å². The Morgan fingerprint density at radius 2 is 2.00 bits per heavy atom. The van der Waals surface area contributed by atoms with Crippen molar-refractivity contribution in [3.05, 3.63) is 63.4 Å². The zero-order chi connectivity index (χ0) is 13.1. The van der Waals surface area contributed by atoms with Crippen molar-refractivity contribution < 1.29 is 0 Å². The highest BCUT2D eigenvalue weighted by Crippen LogP contribution is 2.25. The van der Waals surface area contributed by atoms with E-state index in [1.807, 2.05) is 25.1 Å². The van der Waals surface area contributed by atoms with Crippen LogP contribution >= 0.6 is 23.2 Å². The number of aromatic nitrogens is 1. The number of benzene rings is 1. The van der Waals surface area contributed by atoms with Crippen LogP contribution in [0.15, 0.2) is 36.5 Å². The Bertz CT molecular complexity index is 538. The predicted molar refractivity (Wildman–Crippen MR) is 76.1 cm³/mol. The van der Waals surface area contributed by atoms with E-state index >= 15 is 0 Å². The molecule has 1 unspecified atom stereocenters. The number of nitrogens with zero attached hydrogens (tertiary/aromatic N) is 1. The van der Waals surface area contributed by atoms with E-state index in [0.717, 1.165) is 16.8 Å². The van der Waals surface area contributed by atoms with Crippen molar-refractivity contribution in [1.29, 1.82) is 0 Å². The maximum atomic E-state index is 6.15. The van der Waals surface area contributed by atoms with E-state index in [0.29, 0.717) is 16.5 Å². The van der Waals surface area contributed by atoms with Crippen molar-refractivity contribution in [3.63, 3.8) is 0 Å². The number of rotatable bonds is 3. The van der Waals surface area contributed by atoms with Gasteiger partial charge in [0.25, 0.3) is 0 Å². The Morgan fingerprint density at radius 1 is 1.22 bits per heavy atom. The van der Waals surface area contributed by atoms with Crippen molar-refractivity contribution in [2.24, 2.45) is 5.73 Å². The van der Waals surface area contributed by atoms with Gasteiger partial charge in [0.2, 0.25) is 0 Å². The molecule has 1 heterocycles. The summed E-state index contributed by atoms with van der Waals surface area (Å²) in [5.41, 5.74) is 9.09. The fourth-order valence-corrected chi connectivity index (χ4v) is 2.14. The van der Waals surface area contributed by atoms with Gasteiger partial charge in [-0.15, -0.1) is 0 Å². The van der Waals surface area contributed by atoms with Crippen LogP contribution in [0, 0.1) is 6.92 Å². The molecule has 4 heteroatoms. The van der Waals surface area contributed by atoms with E-state index < -0.39 is 0 Å². The molecule has 0 amide bonds. The SMILES string of the molecule is Cc1ccc(C(N)Cc2cc(Cl)ccc2Cl)cn1. The first-order valence-corrected chi connectivity index (χ1v) is 6.44. The molecule has 1 atom stereocenters. The van der Waals surface area contributed by atoms with Gasteiger partial charge >= 0.3 is 0 Å². The molecule has 94 valence electrons. The first-order chi connectivity index (χ1) is 8.56. The molecule has 2 nitrogen and oxygen atoms in total. The molecule has 0 spiro atoms. The topological polar surface area (TPSA) is 38.9 Å². The molecule has 0 aliphatic rings. The van der Waals surface area contributed by atoms with Gasteiger partial charge in [-0.25, -0.2) is 0 Å². The average molecular weight is 281 g/mol. The predicted octanol–water partition coefficient (Wildman–Crippen LogP) is 3.94. The van der Waals surface area contributed by atoms with E-state index in [1.165, 1.54) is 0 Å². The third kappa shape index (κ3) is 3.22. The van der Waals surface area contributed by atoms with Gasteiger partial charge in [0.15, 0.2) is 0 Å². The molecule has 2 N–H and O–H groups in total. The second-order valence-corrected chi connectivity index (χ2v) is 5.12. The van der Waals surface area contributed by atoms with Gasteiger partial charge in [0.05, 0.1) is 0 Å². The standard InChI is InChI=1S/C14H14Cl2N2/c1-9-2-3-10(8-18-9)14(17)7-11-6-12(15)4-5-13(11)16/h2-6,8,14H,7,17H2,1H3. The summed E-state index contributed by atoms with van der Waals surface area (Å²) < 4.78 is 0. The summed E-state index contributed by atoms with van der Waals surface area (Å²) >= 11 is 12.1. The smallest absolute Gasteiger partial charge is 0.0439 e. The summed E-state index contributed by atoms with van der Waals surface area (Å²) in [6.45, 7) is 1.95. The summed E-state index contributed by atoms with van der Waals surface area (Å²) in [4.78, 5) is 4.24. The molecule has 1 aromatic heterocycles. The fourth-order valence-electron chi connectivity index (χ4n) is 1.75. The Labute approximate surface area is 117 Å². The van der Waals surface area contributed by atoms with Crippen molar-refractivity contribution in [2.45, 2.75) is 19.4 Å². The minimum atomic E-state index is -0.130. The van der Waals surface area contributed by atoms with Crippen LogP contribution in [0.5, 0.6) is 0 Å². The van der Waals surface area contributed by atoms with Gasteiger partial charge < -0.3 is 5.73 Å². The number of aryl methyl sites for hydroxylation is 1. The van der Waals surface area contributed by atoms with Crippen molar-refractivity contribution >= 4 is 23.2 Å². The summed E-state index contributed by atoms with van der Waals surface area (Å²) in [6.07, 6.45) is 2.45. The molecule has 18 heavy (non-hydrogen) atoms. The van der Waals surface area contributed by atoms with E-state index in [2.05, 4.69) is 4.98 Å². The highest BCUT2D eigenvalue weighted by atomic mass is 35.5. The van der Waals surface area contributed by atoms with Crippen molar-refractivity contribution in [3.8, 4) is 0 Å². The zero-order valence-electron chi connectivity index (χ0n) is 10.0. The molecule has 0 radical (unpaired) electrons. The van der Waals surface area contributed by atoms with Gasteiger partial charge in [0.1, 0.15) is 0 Å². The summed E-state index contributed by atoms with van der Waals surface area (Å²) in [5, 5.41) is 1.36. The van der Waals surface area contributed by atoms with Crippen LogP contribution in [0.25, 0.3) is 0 Å². The maximum absolute atomic E-state index is 6.15. The van der Waals surface area contributed by atoms with Gasteiger partial charge in [-0.3, -0.25) is 4.98 Å². The molecule has 0 aliphatic carbocycles. The molecule has 0 bridgehead atoms. The lowest BCUT2D eigenvalue weighted by molar-refractivity contribution is 0.717. The summed E-state index contributed by atoms with van der Waals surface area (Å²) in [5.74, 6) is 0. The van der Waals surface area contributed by atoms with Crippen LogP contribution in [0.4, 0.5) is 0 Å². The minimum absolute atomic E-state index is 0.130. The lowest BCUT2D eigenvalue weighted by Crippen LogP contribution is -2.14. The van der Waals surface area contributed by atoms with Crippen LogP contribution in [-0.2, 0) is 6.42 Å². The van der Waals surface area contributed by atoms with Crippen LogP contribution in [0.2, 0.25) is 10.0 Å². The number of hydrogen-bond acceptors (Lipinski definition) is 2. The minimum Gasteiger partial charge on any atom is -0.324 e. The van der Waals surface area contributed by atoms with E-state index in [1.54, 1.807) is 18.3 Å². The first kappa shape index (κ1) is 13.3. The Hall–Kier alpha value is -1.09. The normalized spacial score (nSPS) is 12.4. The molecule has 0 saturated carbocycles. The number of nitrogens with two attached hydrogens (primary N) is 1. The molecular weight excluding hydrogens is 267 g/mol. The number of hydrogen-bond donors (Lipinski definition) is 1. The van der Waals surface area contributed by atoms with Gasteiger partial charge in [-0.05, 0) is 48.7 Å². The zero-order valence-corrected chi connectivity index (χ0v) is 11.5. The van der Waals surface area contributed by atoms with Crippen LogP contribution in [0.3, 0.4) is 0 Å². The monoisotopic (exact) mass is 280 g/mol. The third-order valence-electron chi connectivity index (χ3n) is 2.81. The largest absolute Gasteiger partial charge is 0.324 e. The van der Waals surface area contributed by atoms with E-state index in [4.69, 9.17) is 28.9 Å². The van der Waals surface area contributed by atoms with E-state index in [9.17, 15) is 0 Å². The lowest BCUT2D eigenvalue weighted by atomic mass is 10.0. The van der Waals surface area contributed by atoms with Crippen molar-refractivity contribution in [1.82, 2.24) is 4.98 Å². The first-order valence-electron chi connectivity index (χ1n) is 5.68. The lowest BCUT2D eigenvalue weighted by Gasteiger charge is -2.13. The second kappa shape index (κ2) is 5.70. The maximum Gasteiger partial charge on any atom is 0.0439 e. The average Bonchev–Trinajstić information content (AvgIpc) is 2.34. The highest BCUT2D eigenvalue weighted by molar-refractivity contribution is 6.33. The summed E-state index contributed by atoms with van der Waals surface area (Å²) in [6, 6.07) is 9.23. The highest BCUT2D eigenvalue weighted by Gasteiger charge is 2.10. The van der Waals surface area contributed by atoms with E-state index in [-0.39, 0.29) is 6.04 Å². The molecule has 0 aliphatic heterocycles. The second-order valence-electron chi connectivity index (χ2n) is 4.28. The van der Waals surface area contributed by atoms with Gasteiger partial charge in [-0.1, -0.05) is 29.3 Å². The Kier molecular flexibility index (Phi) is 4.23. The molecular formula is C14H14Cl2N2. The van der Waals surface area contributed by atoms with Crippen LogP contribution in [-0.4, -0.2) is 4.98 Å². The van der Waals surface area contributed by atoms with Crippen molar-refractivity contribution in [2.75, 3.05) is 0 Å². The van der Waals surface area contributed by atoms with Gasteiger partial charge in [0, 0.05) is 28.0 Å². The number of pyridine rings is 1. The molecule has 2 aromatic rings. The molecule has 1 aromatic carbocycles. The Balaban J connectivity index is 2.18. The third-order valence-corrected chi connectivity index (χ3v) is 3.41. The molecule has 2 rings (SSSR count).